The van der Waals surface area contributed by atoms with Crippen LogP contribution < -0.4 is 5.32 Å². The first-order chi connectivity index (χ1) is 6.33. The van der Waals surface area contributed by atoms with E-state index in [4.69, 9.17) is 0 Å². The largest absolute Gasteiger partial charge is 0.384 e. The Morgan fingerprint density at radius 2 is 1.92 bits per heavy atom. The molecule has 0 saturated carbocycles. The Kier molecular flexibility index (Phi) is 4.76. The second-order valence-electron chi connectivity index (χ2n) is 2.99. The van der Waals surface area contributed by atoms with Gasteiger partial charge in [0.1, 0.15) is 0 Å². The van der Waals surface area contributed by atoms with Crippen molar-refractivity contribution in [3.8, 4) is 0 Å². The van der Waals surface area contributed by atoms with Gasteiger partial charge in [-0.05, 0) is 24.8 Å². The molecule has 0 aliphatic heterocycles. The van der Waals surface area contributed by atoms with Crippen molar-refractivity contribution in [3.05, 3.63) is 29.8 Å². The Morgan fingerprint density at radius 1 is 1.23 bits per heavy atom. The smallest absolute Gasteiger partial charge is 0.0340 e. The molecule has 1 N–H and O–H groups in total. The predicted octanol–water partition coefficient (Wildman–Crippen LogP) is 3.16. The maximum absolute atomic E-state index is 3.39. The molecule has 1 rings (SSSR count). The van der Waals surface area contributed by atoms with E-state index in [9.17, 15) is 0 Å². The molecule has 13 heavy (non-hydrogen) atoms. The lowest BCUT2D eigenvalue weighted by Gasteiger charge is -2.05. The summed E-state index contributed by atoms with van der Waals surface area (Å²) >= 11 is 1.97. The van der Waals surface area contributed by atoms with Gasteiger partial charge in [0.05, 0.1) is 0 Å². The fraction of sp³-hybridized carbons (Fsp3) is 0.455. The monoisotopic (exact) mass is 195 g/mol. The van der Waals surface area contributed by atoms with Crippen molar-refractivity contribution in [1.29, 1.82) is 0 Å². The summed E-state index contributed by atoms with van der Waals surface area (Å²) < 4.78 is 0. The maximum atomic E-state index is 3.39. The van der Waals surface area contributed by atoms with Crippen molar-refractivity contribution in [2.45, 2.75) is 13.8 Å². The van der Waals surface area contributed by atoms with E-state index in [2.05, 4.69) is 43.4 Å². The van der Waals surface area contributed by atoms with E-state index >= 15 is 0 Å². The van der Waals surface area contributed by atoms with Crippen molar-refractivity contribution in [1.82, 2.24) is 0 Å². The summed E-state index contributed by atoms with van der Waals surface area (Å²) in [4.78, 5) is 0. The van der Waals surface area contributed by atoms with Gasteiger partial charge in [-0.15, -0.1) is 0 Å². The Morgan fingerprint density at radius 3 is 2.54 bits per heavy atom. The fourth-order valence-electron chi connectivity index (χ4n) is 1.08. The molecular weight excluding hydrogens is 178 g/mol. The molecule has 0 bridgehead atoms. The minimum atomic E-state index is 1.06. The number of anilines is 1. The summed E-state index contributed by atoms with van der Waals surface area (Å²) in [5.74, 6) is 2.39. The van der Waals surface area contributed by atoms with Crippen LogP contribution in [0, 0.1) is 6.92 Å². The van der Waals surface area contributed by atoms with Gasteiger partial charge >= 0.3 is 0 Å². The predicted molar refractivity (Wildman–Crippen MR) is 62.7 cm³/mol. The van der Waals surface area contributed by atoms with Gasteiger partial charge in [-0.1, -0.05) is 24.6 Å². The molecular formula is C11H17NS. The number of nitrogens with one attached hydrogen (secondary N) is 1. The first-order valence-electron chi connectivity index (χ1n) is 4.71. The second-order valence-corrected chi connectivity index (χ2v) is 4.38. The van der Waals surface area contributed by atoms with Crippen molar-refractivity contribution >= 4 is 17.4 Å². The van der Waals surface area contributed by atoms with Crippen LogP contribution in [0.4, 0.5) is 5.69 Å². The van der Waals surface area contributed by atoms with Crippen molar-refractivity contribution in [2.24, 2.45) is 0 Å². The average molecular weight is 195 g/mol. The van der Waals surface area contributed by atoms with E-state index < -0.39 is 0 Å². The zero-order valence-electron chi connectivity index (χ0n) is 8.34. The van der Waals surface area contributed by atoms with Crippen LogP contribution in [-0.4, -0.2) is 18.1 Å². The summed E-state index contributed by atoms with van der Waals surface area (Å²) in [5.41, 5.74) is 2.54. The van der Waals surface area contributed by atoms with Gasteiger partial charge in [-0.2, -0.15) is 11.8 Å². The van der Waals surface area contributed by atoms with Gasteiger partial charge < -0.3 is 5.32 Å². The zero-order chi connectivity index (χ0) is 9.52. The SMILES string of the molecule is CCSCCNc1ccc(C)cc1. The maximum Gasteiger partial charge on any atom is 0.0340 e. The summed E-state index contributed by atoms with van der Waals surface area (Å²) in [7, 11) is 0. The van der Waals surface area contributed by atoms with E-state index in [1.54, 1.807) is 0 Å². The van der Waals surface area contributed by atoms with Gasteiger partial charge in [0.2, 0.25) is 0 Å². The van der Waals surface area contributed by atoms with Gasteiger partial charge in [0, 0.05) is 18.0 Å². The van der Waals surface area contributed by atoms with E-state index in [-0.39, 0.29) is 0 Å². The molecule has 0 amide bonds. The minimum Gasteiger partial charge on any atom is -0.384 e. The third-order valence-corrected chi connectivity index (χ3v) is 2.73. The standard InChI is InChI=1S/C11H17NS/c1-3-13-9-8-12-11-6-4-10(2)5-7-11/h4-7,12H,3,8-9H2,1-2H3. The lowest BCUT2D eigenvalue weighted by atomic mass is 10.2. The van der Waals surface area contributed by atoms with Crippen molar-refractivity contribution in [3.63, 3.8) is 0 Å². The summed E-state index contributed by atoms with van der Waals surface area (Å²) in [6, 6.07) is 8.53. The highest BCUT2D eigenvalue weighted by Crippen LogP contribution is 2.08. The van der Waals surface area contributed by atoms with Crippen molar-refractivity contribution < 1.29 is 0 Å². The quantitative estimate of drug-likeness (QED) is 0.724. The van der Waals surface area contributed by atoms with Crippen molar-refractivity contribution in [2.75, 3.05) is 23.4 Å². The minimum absolute atomic E-state index is 1.06. The van der Waals surface area contributed by atoms with Crippen LogP contribution in [-0.2, 0) is 0 Å². The molecule has 1 nitrogen and oxygen atoms in total. The topological polar surface area (TPSA) is 12.0 Å². The van der Waals surface area contributed by atoms with E-state index in [0.717, 1.165) is 6.54 Å². The highest BCUT2D eigenvalue weighted by atomic mass is 32.2. The molecule has 1 aromatic carbocycles. The number of thioether (sulfide) groups is 1. The average Bonchev–Trinajstić information content (AvgIpc) is 2.15. The molecule has 0 spiro atoms. The Bertz CT molecular complexity index is 230. The Labute approximate surface area is 84.9 Å². The number of hydrogen-bond acceptors (Lipinski definition) is 2. The van der Waals surface area contributed by atoms with E-state index in [0.29, 0.717) is 0 Å². The van der Waals surface area contributed by atoms with Gasteiger partial charge in [0.25, 0.3) is 0 Å². The van der Waals surface area contributed by atoms with Gasteiger partial charge in [-0.3, -0.25) is 0 Å². The molecule has 0 unspecified atom stereocenters. The number of aryl methyl sites for hydroxylation is 1. The van der Waals surface area contributed by atoms with Crippen LogP contribution in [0.25, 0.3) is 0 Å². The summed E-state index contributed by atoms with van der Waals surface area (Å²) in [6.45, 7) is 5.36. The second kappa shape index (κ2) is 5.92. The first kappa shape index (κ1) is 10.5. The Hall–Kier alpha value is -0.630. The van der Waals surface area contributed by atoms with E-state index in [1.807, 2.05) is 11.8 Å². The lowest BCUT2D eigenvalue weighted by Crippen LogP contribution is -2.03. The van der Waals surface area contributed by atoms with Crippen LogP contribution >= 0.6 is 11.8 Å². The molecule has 0 radical (unpaired) electrons. The van der Waals surface area contributed by atoms with E-state index in [1.165, 1.54) is 22.8 Å². The molecule has 0 aliphatic carbocycles. The molecule has 2 heteroatoms. The van der Waals surface area contributed by atoms with Crippen LogP contribution in [0.5, 0.6) is 0 Å². The zero-order valence-corrected chi connectivity index (χ0v) is 9.16. The lowest BCUT2D eigenvalue weighted by molar-refractivity contribution is 1.22. The molecule has 1 aromatic rings. The molecule has 72 valence electrons. The third kappa shape index (κ3) is 4.23. The van der Waals surface area contributed by atoms with Crippen LogP contribution in [0.15, 0.2) is 24.3 Å². The van der Waals surface area contributed by atoms with Crippen LogP contribution in [0.1, 0.15) is 12.5 Å². The number of benzene rings is 1. The molecule has 0 aromatic heterocycles. The molecule has 0 fully saturated rings. The normalized spacial score (nSPS) is 10.0. The summed E-state index contributed by atoms with van der Waals surface area (Å²) in [6.07, 6.45) is 0. The van der Waals surface area contributed by atoms with Crippen LogP contribution in [0.2, 0.25) is 0 Å². The highest BCUT2D eigenvalue weighted by Gasteiger charge is 1.90. The molecule has 0 atom stereocenters. The number of rotatable bonds is 5. The third-order valence-electron chi connectivity index (χ3n) is 1.83. The fourth-order valence-corrected chi connectivity index (χ4v) is 1.62. The van der Waals surface area contributed by atoms with Gasteiger partial charge in [0.15, 0.2) is 0 Å². The number of hydrogen-bond donors (Lipinski definition) is 1. The molecule has 0 heterocycles. The van der Waals surface area contributed by atoms with Gasteiger partial charge in [-0.25, -0.2) is 0 Å². The molecule has 0 aliphatic rings. The first-order valence-corrected chi connectivity index (χ1v) is 5.86. The molecule has 0 saturated heterocycles. The van der Waals surface area contributed by atoms with Crippen LogP contribution in [0.3, 0.4) is 0 Å². The Balaban J connectivity index is 2.25. The summed E-state index contributed by atoms with van der Waals surface area (Å²) in [5, 5.41) is 3.39. The highest BCUT2D eigenvalue weighted by molar-refractivity contribution is 7.99.